The maximum atomic E-state index is 10.9. The minimum Gasteiger partial charge on any atom is -0.505 e. The summed E-state index contributed by atoms with van der Waals surface area (Å²) in [6.45, 7) is 3.64. The predicted octanol–water partition coefficient (Wildman–Crippen LogP) is 1.72. The highest BCUT2D eigenvalue weighted by Gasteiger charge is 2.19. The number of anilines is 1. The summed E-state index contributed by atoms with van der Waals surface area (Å²) in [4.78, 5) is 15.2. The molecule has 0 aromatic heterocycles. The van der Waals surface area contributed by atoms with Gasteiger partial charge in [0.1, 0.15) is 5.75 Å². The molecule has 1 aromatic carbocycles. The number of carbonyl (C=O) groups excluding carboxylic acids is 1. The van der Waals surface area contributed by atoms with E-state index in [9.17, 15) is 9.90 Å². The van der Waals surface area contributed by atoms with Crippen LogP contribution in [0.1, 0.15) is 10.4 Å². The molecule has 1 N–H and O–H groups in total. The van der Waals surface area contributed by atoms with Crippen molar-refractivity contribution >= 4 is 27.9 Å². The number of aromatic hydroxyl groups is 1. The molecule has 0 atom stereocenters. The van der Waals surface area contributed by atoms with Crippen molar-refractivity contribution in [2.45, 2.75) is 0 Å². The molecule has 1 aliphatic rings. The Morgan fingerprint density at radius 2 is 1.94 bits per heavy atom. The second kappa shape index (κ2) is 5.06. The molecular weight excluding hydrogens is 284 g/mol. The van der Waals surface area contributed by atoms with Gasteiger partial charge in [-0.2, -0.15) is 0 Å². The fraction of sp³-hybridized carbons (Fsp3) is 0.417. The molecule has 0 amide bonds. The Hall–Kier alpha value is -1.07. The number of nitrogens with zero attached hydrogens (tertiary/aromatic N) is 2. The van der Waals surface area contributed by atoms with E-state index in [2.05, 4.69) is 32.8 Å². The van der Waals surface area contributed by atoms with E-state index in [4.69, 9.17) is 0 Å². The summed E-state index contributed by atoms with van der Waals surface area (Å²) in [5, 5.41) is 10.0. The Morgan fingerprint density at radius 1 is 1.29 bits per heavy atom. The first-order valence-electron chi connectivity index (χ1n) is 5.53. The molecule has 1 saturated heterocycles. The number of hydrogen-bond acceptors (Lipinski definition) is 4. The minimum atomic E-state index is 0.0766. The van der Waals surface area contributed by atoms with Gasteiger partial charge in [-0.15, -0.1) is 0 Å². The van der Waals surface area contributed by atoms with Crippen LogP contribution in [0.3, 0.4) is 0 Å². The van der Waals surface area contributed by atoms with Crippen molar-refractivity contribution in [3.8, 4) is 5.75 Å². The van der Waals surface area contributed by atoms with Crippen molar-refractivity contribution in [2.75, 3.05) is 38.1 Å². The molecular formula is C12H15BrN2O2. The number of likely N-dealkylation sites (N-methyl/N-ethyl adjacent to an activating group) is 1. The van der Waals surface area contributed by atoms with Crippen molar-refractivity contribution in [1.82, 2.24) is 4.90 Å². The number of rotatable bonds is 2. The molecule has 0 spiro atoms. The lowest BCUT2D eigenvalue weighted by Gasteiger charge is -2.34. The molecule has 5 heteroatoms. The van der Waals surface area contributed by atoms with Gasteiger partial charge in [0.2, 0.25) is 0 Å². The highest BCUT2D eigenvalue weighted by molar-refractivity contribution is 9.10. The summed E-state index contributed by atoms with van der Waals surface area (Å²) < 4.78 is 0.811. The Labute approximate surface area is 109 Å². The summed E-state index contributed by atoms with van der Waals surface area (Å²) in [6.07, 6.45) is 0.680. The molecule has 1 aliphatic heterocycles. The van der Waals surface area contributed by atoms with Crippen LogP contribution in [0, 0.1) is 0 Å². The van der Waals surface area contributed by atoms with Gasteiger partial charge in [0.15, 0.2) is 6.29 Å². The number of piperazine rings is 1. The van der Waals surface area contributed by atoms with Gasteiger partial charge in [0.05, 0.1) is 11.3 Å². The number of benzene rings is 1. The molecule has 4 nitrogen and oxygen atoms in total. The minimum absolute atomic E-state index is 0.0766. The first-order chi connectivity index (χ1) is 8.11. The molecule has 2 rings (SSSR count). The van der Waals surface area contributed by atoms with E-state index in [-0.39, 0.29) is 5.75 Å². The Kier molecular flexibility index (Phi) is 3.69. The van der Waals surface area contributed by atoms with E-state index in [1.807, 2.05) is 6.07 Å². The third-order valence-electron chi connectivity index (χ3n) is 3.05. The van der Waals surface area contributed by atoms with Crippen molar-refractivity contribution in [2.24, 2.45) is 0 Å². The van der Waals surface area contributed by atoms with Crippen LogP contribution in [0.4, 0.5) is 5.69 Å². The first kappa shape index (κ1) is 12.4. The predicted molar refractivity (Wildman–Crippen MR) is 70.9 cm³/mol. The zero-order chi connectivity index (χ0) is 12.4. The summed E-state index contributed by atoms with van der Waals surface area (Å²) >= 11 is 3.36. The fourth-order valence-electron chi connectivity index (χ4n) is 1.98. The fourth-order valence-corrected chi connectivity index (χ4v) is 2.45. The van der Waals surface area contributed by atoms with Gasteiger partial charge in [0.25, 0.3) is 0 Å². The second-order valence-electron chi connectivity index (χ2n) is 4.27. The van der Waals surface area contributed by atoms with E-state index < -0.39 is 0 Å². The van der Waals surface area contributed by atoms with E-state index in [1.165, 1.54) is 0 Å². The highest BCUT2D eigenvalue weighted by Crippen LogP contribution is 2.34. The van der Waals surface area contributed by atoms with Crippen LogP contribution in [0.2, 0.25) is 0 Å². The van der Waals surface area contributed by atoms with Crippen LogP contribution in [-0.4, -0.2) is 49.5 Å². The van der Waals surface area contributed by atoms with Gasteiger partial charge in [-0.3, -0.25) is 4.79 Å². The molecule has 0 unspecified atom stereocenters. The summed E-state index contributed by atoms with van der Waals surface area (Å²) in [6, 6.07) is 3.48. The van der Waals surface area contributed by atoms with Crippen LogP contribution in [0.25, 0.3) is 0 Å². The molecule has 0 saturated carbocycles. The molecule has 0 radical (unpaired) electrons. The SMILES string of the molecule is CN1CCN(c2cc(Br)cc(C=O)c2O)CC1. The van der Waals surface area contributed by atoms with Gasteiger partial charge in [-0.05, 0) is 19.2 Å². The van der Waals surface area contributed by atoms with Crippen LogP contribution >= 0.6 is 15.9 Å². The van der Waals surface area contributed by atoms with Gasteiger partial charge >= 0.3 is 0 Å². The topological polar surface area (TPSA) is 43.8 Å². The number of phenolic OH excluding ortho intramolecular Hbond substituents is 1. The number of hydrogen-bond donors (Lipinski definition) is 1. The molecule has 92 valence electrons. The van der Waals surface area contributed by atoms with Crippen molar-refractivity contribution in [1.29, 1.82) is 0 Å². The summed E-state index contributed by atoms with van der Waals surface area (Å²) in [7, 11) is 2.08. The first-order valence-corrected chi connectivity index (χ1v) is 6.32. The molecule has 0 aliphatic carbocycles. The van der Waals surface area contributed by atoms with Gasteiger partial charge in [-0.1, -0.05) is 15.9 Å². The summed E-state index contributed by atoms with van der Waals surface area (Å²) in [5.74, 6) is 0.0766. The number of halogens is 1. The number of phenols is 1. The Morgan fingerprint density at radius 3 is 2.53 bits per heavy atom. The van der Waals surface area contributed by atoms with Crippen molar-refractivity contribution in [3.05, 3.63) is 22.2 Å². The van der Waals surface area contributed by atoms with Crippen molar-refractivity contribution in [3.63, 3.8) is 0 Å². The smallest absolute Gasteiger partial charge is 0.153 e. The maximum absolute atomic E-state index is 10.9. The van der Waals surface area contributed by atoms with Crippen LogP contribution < -0.4 is 4.90 Å². The standard InChI is InChI=1S/C12H15BrN2O2/c1-14-2-4-15(5-3-14)11-7-10(13)6-9(8-16)12(11)17/h6-8,17H,2-5H2,1H3. The van der Waals surface area contributed by atoms with Gasteiger partial charge in [0, 0.05) is 30.7 Å². The lowest BCUT2D eigenvalue weighted by molar-refractivity contribution is 0.112. The molecule has 17 heavy (non-hydrogen) atoms. The van der Waals surface area contributed by atoms with E-state index in [0.717, 1.165) is 36.3 Å². The highest BCUT2D eigenvalue weighted by atomic mass is 79.9. The Bertz CT molecular complexity index is 429. The molecule has 1 aromatic rings. The van der Waals surface area contributed by atoms with E-state index >= 15 is 0 Å². The van der Waals surface area contributed by atoms with Crippen LogP contribution in [0.15, 0.2) is 16.6 Å². The maximum Gasteiger partial charge on any atom is 0.153 e. The zero-order valence-electron chi connectivity index (χ0n) is 9.69. The van der Waals surface area contributed by atoms with Gasteiger partial charge < -0.3 is 14.9 Å². The molecule has 0 bridgehead atoms. The number of aldehydes is 1. The lowest BCUT2D eigenvalue weighted by Crippen LogP contribution is -2.44. The quantitative estimate of drug-likeness (QED) is 0.845. The third-order valence-corrected chi connectivity index (χ3v) is 3.51. The monoisotopic (exact) mass is 298 g/mol. The normalized spacial score (nSPS) is 17.2. The number of carbonyl (C=O) groups is 1. The zero-order valence-corrected chi connectivity index (χ0v) is 11.3. The Balaban J connectivity index is 2.31. The van der Waals surface area contributed by atoms with Crippen LogP contribution in [0.5, 0.6) is 5.75 Å². The second-order valence-corrected chi connectivity index (χ2v) is 5.19. The van der Waals surface area contributed by atoms with E-state index in [1.54, 1.807) is 6.07 Å². The van der Waals surface area contributed by atoms with Crippen molar-refractivity contribution < 1.29 is 9.90 Å². The lowest BCUT2D eigenvalue weighted by atomic mass is 10.1. The van der Waals surface area contributed by atoms with Crippen LogP contribution in [-0.2, 0) is 0 Å². The molecule has 1 fully saturated rings. The van der Waals surface area contributed by atoms with E-state index in [0.29, 0.717) is 11.8 Å². The largest absolute Gasteiger partial charge is 0.505 e. The summed E-state index contributed by atoms with van der Waals surface area (Å²) in [5.41, 5.74) is 1.06. The van der Waals surface area contributed by atoms with Gasteiger partial charge in [-0.25, -0.2) is 0 Å². The third kappa shape index (κ3) is 2.61. The average Bonchev–Trinajstić information content (AvgIpc) is 2.33. The molecule has 1 heterocycles. The average molecular weight is 299 g/mol.